The van der Waals surface area contributed by atoms with Crippen LogP contribution < -0.4 is 24.4 Å². The Morgan fingerprint density at radius 3 is 2.61 bits per heavy atom. The van der Waals surface area contributed by atoms with Crippen molar-refractivity contribution in [2.24, 2.45) is 0 Å². The number of hydrogen-bond acceptors (Lipinski definition) is 6. The molecule has 1 unspecified atom stereocenters. The molecule has 1 aromatic heterocycles. The lowest BCUT2D eigenvalue weighted by Gasteiger charge is -2.24. The van der Waals surface area contributed by atoms with E-state index in [2.05, 4.69) is 11.4 Å². The van der Waals surface area contributed by atoms with Gasteiger partial charge < -0.3 is 24.4 Å². The number of fused-ring (bicyclic) bond motifs is 5. The van der Waals surface area contributed by atoms with E-state index in [1.807, 2.05) is 66.0 Å². The van der Waals surface area contributed by atoms with Gasteiger partial charge in [-0.3, -0.25) is 9.59 Å². The summed E-state index contributed by atoms with van der Waals surface area (Å²) in [6, 6.07) is 23.0. The second kappa shape index (κ2) is 8.92. The summed E-state index contributed by atoms with van der Waals surface area (Å²) >= 11 is 1.68. The summed E-state index contributed by atoms with van der Waals surface area (Å²) in [5, 5.41) is 5.07. The summed E-state index contributed by atoms with van der Waals surface area (Å²) in [7, 11) is 0. The van der Waals surface area contributed by atoms with Gasteiger partial charge in [0.2, 0.25) is 12.7 Å². The number of rotatable bonds is 6. The normalized spacial score (nSPS) is 18.4. The van der Waals surface area contributed by atoms with E-state index in [0.717, 1.165) is 28.8 Å². The Labute approximate surface area is 223 Å². The van der Waals surface area contributed by atoms with E-state index in [0.29, 0.717) is 29.4 Å². The van der Waals surface area contributed by atoms with Crippen molar-refractivity contribution in [3.8, 4) is 17.2 Å². The molecule has 1 spiro atoms. The number of nitrogens with one attached hydrogen (secondary N) is 1. The average Bonchev–Trinajstić information content (AvgIpc) is 3.73. The molecule has 4 aromatic rings. The maximum absolute atomic E-state index is 14.3. The van der Waals surface area contributed by atoms with E-state index in [-0.39, 0.29) is 31.8 Å². The second-order valence-corrected chi connectivity index (χ2v) is 10.6. The fourth-order valence-corrected chi connectivity index (χ4v) is 6.33. The van der Waals surface area contributed by atoms with Gasteiger partial charge in [0.1, 0.15) is 17.8 Å². The Balaban J connectivity index is 1.20. The Hall–Kier alpha value is -4.30. The van der Waals surface area contributed by atoms with Crippen LogP contribution in [0.3, 0.4) is 0 Å². The molecule has 38 heavy (non-hydrogen) atoms. The topological polar surface area (TPSA) is 77.1 Å². The molecule has 3 aliphatic heterocycles. The van der Waals surface area contributed by atoms with Gasteiger partial charge in [-0.25, -0.2) is 0 Å². The number of hydrogen-bond donors (Lipinski definition) is 1. The van der Waals surface area contributed by atoms with E-state index in [1.54, 1.807) is 22.3 Å². The standard InChI is InChI=1S/C30H24N2O5S/c33-28(31-12-11-20-7-5-13-38-20)21-8-2-1-6-19(21)16-32-24-10-4-3-9-22(24)30(29(32)34)17-35-25-15-27-26(14-23(25)30)36-18-37-27/h1-10,13-15H,11-12,16-18H2,(H,31,33). The Morgan fingerprint density at radius 2 is 1.74 bits per heavy atom. The molecule has 0 radical (unpaired) electrons. The van der Waals surface area contributed by atoms with Crippen molar-refractivity contribution < 1.29 is 23.8 Å². The van der Waals surface area contributed by atoms with Crippen LogP contribution in [-0.4, -0.2) is 31.8 Å². The van der Waals surface area contributed by atoms with Crippen molar-refractivity contribution in [1.82, 2.24) is 5.32 Å². The lowest BCUT2D eigenvalue weighted by Crippen LogP contribution is -2.42. The van der Waals surface area contributed by atoms with Crippen LogP contribution in [0.15, 0.2) is 78.2 Å². The molecule has 3 aromatic carbocycles. The molecular weight excluding hydrogens is 500 g/mol. The van der Waals surface area contributed by atoms with Gasteiger partial charge in [0.15, 0.2) is 11.5 Å². The van der Waals surface area contributed by atoms with Gasteiger partial charge in [0.25, 0.3) is 5.91 Å². The highest BCUT2D eigenvalue weighted by atomic mass is 32.1. The first-order valence-electron chi connectivity index (χ1n) is 12.5. The van der Waals surface area contributed by atoms with Gasteiger partial charge in [0.05, 0.1) is 6.54 Å². The highest BCUT2D eigenvalue weighted by molar-refractivity contribution is 7.09. The van der Waals surface area contributed by atoms with Crippen molar-refractivity contribution in [2.45, 2.75) is 18.4 Å². The average molecular weight is 525 g/mol. The van der Waals surface area contributed by atoms with Gasteiger partial charge in [-0.05, 0) is 47.2 Å². The van der Waals surface area contributed by atoms with Gasteiger partial charge in [-0.2, -0.15) is 0 Å². The highest BCUT2D eigenvalue weighted by Crippen LogP contribution is 2.55. The van der Waals surface area contributed by atoms with Gasteiger partial charge in [-0.15, -0.1) is 11.3 Å². The molecule has 2 amide bonds. The van der Waals surface area contributed by atoms with Crippen molar-refractivity contribution in [1.29, 1.82) is 0 Å². The van der Waals surface area contributed by atoms with Crippen molar-refractivity contribution in [3.05, 3.63) is 105 Å². The molecule has 3 aliphatic rings. The second-order valence-electron chi connectivity index (χ2n) is 9.55. The molecule has 0 bridgehead atoms. The van der Waals surface area contributed by atoms with Crippen LogP contribution in [0.4, 0.5) is 5.69 Å². The highest BCUT2D eigenvalue weighted by Gasteiger charge is 2.57. The first kappa shape index (κ1) is 22.9. The number of amides is 2. The summed E-state index contributed by atoms with van der Waals surface area (Å²) in [4.78, 5) is 30.5. The number of ether oxygens (including phenoxy) is 3. The van der Waals surface area contributed by atoms with Crippen molar-refractivity contribution >= 4 is 28.8 Å². The van der Waals surface area contributed by atoms with Crippen LogP contribution in [0.2, 0.25) is 0 Å². The molecule has 7 rings (SSSR count). The third kappa shape index (κ3) is 3.48. The number of thiophene rings is 1. The van der Waals surface area contributed by atoms with Crippen LogP contribution in [-0.2, 0) is 23.2 Å². The molecule has 1 atom stereocenters. The summed E-state index contributed by atoms with van der Waals surface area (Å²) in [5.41, 5.74) is 2.86. The first-order valence-corrected chi connectivity index (χ1v) is 13.4. The summed E-state index contributed by atoms with van der Waals surface area (Å²) in [6.07, 6.45) is 0.782. The zero-order chi connectivity index (χ0) is 25.7. The summed E-state index contributed by atoms with van der Waals surface area (Å²) in [5.74, 6) is 1.64. The molecular formula is C30H24N2O5S. The van der Waals surface area contributed by atoms with Crippen LogP contribution in [0, 0.1) is 0 Å². The third-order valence-corrected chi connectivity index (χ3v) is 8.41. The van der Waals surface area contributed by atoms with Crippen LogP contribution in [0.25, 0.3) is 0 Å². The minimum atomic E-state index is -0.981. The molecule has 0 fully saturated rings. The Bertz CT molecular complexity index is 1570. The number of nitrogens with zero attached hydrogens (tertiary/aromatic N) is 1. The minimum Gasteiger partial charge on any atom is -0.491 e. The third-order valence-electron chi connectivity index (χ3n) is 7.47. The number of carbonyl (C=O) groups excluding carboxylic acids is 2. The predicted molar refractivity (Wildman–Crippen MR) is 143 cm³/mol. The molecule has 4 heterocycles. The van der Waals surface area contributed by atoms with Crippen molar-refractivity contribution in [2.75, 3.05) is 24.8 Å². The van der Waals surface area contributed by atoms with Crippen LogP contribution >= 0.6 is 11.3 Å². The Kier molecular flexibility index (Phi) is 5.37. The SMILES string of the molecule is O=C(NCCc1cccs1)c1ccccc1CN1C(=O)C2(COc3cc4c(cc32)OCO4)c2ccccc21. The molecule has 190 valence electrons. The largest absolute Gasteiger partial charge is 0.491 e. The molecule has 0 saturated heterocycles. The van der Waals surface area contributed by atoms with Crippen molar-refractivity contribution in [3.63, 3.8) is 0 Å². The van der Waals surface area contributed by atoms with Gasteiger partial charge >= 0.3 is 0 Å². The quantitative estimate of drug-likeness (QED) is 0.397. The first-order chi connectivity index (χ1) is 18.6. The zero-order valence-corrected chi connectivity index (χ0v) is 21.3. The lowest BCUT2D eigenvalue weighted by atomic mass is 9.77. The number of benzene rings is 3. The van der Waals surface area contributed by atoms with Crippen LogP contribution in [0.1, 0.15) is 31.9 Å². The van der Waals surface area contributed by atoms with E-state index in [1.165, 1.54) is 4.88 Å². The molecule has 8 heteroatoms. The van der Waals surface area contributed by atoms with E-state index >= 15 is 0 Å². The fraction of sp³-hybridized carbons (Fsp3) is 0.200. The molecule has 1 N–H and O–H groups in total. The number of para-hydroxylation sites is 1. The van der Waals surface area contributed by atoms with E-state index < -0.39 is 5.41 Å². The predicted octanol–water partition coefficient (Wildman–Crippen LogP) is 4.67. The zero-order valence-electron chi connectivity index (χ0n) is 20.4. The lowest BCUT2D eigenvalue weighted by molar-refractivity contribution is -0.122. The molecule has 7 nitrogen and oxygen atoms in total. The van der Waals surface area contributed by atoms with Gasteiger partial charge in [0, 0.05) is 34.3 Å². The smallest absolute Gasteiger partial charge is 0.251 e. The van der Waals surface area contributed by atoms with Gasteiger partial charge in [-0.1, -0.05) is 42.5 Å². The fourth-order valence-electron chi connectivity index (χ4n) is 5.62. The van der Waals surface area contributed by atoms with E-state index in [4.69, 9.17) is 14.2 Å². The van der Waals surface area contributed by atoms with Crippen LogP contribution in [0.5, 0.6) is 17.2 Å². The Morgan fingerprint density at radius 1 is 0.921 bits per heavy atom. The summed E-state index contributed by atoms with van der Waals surface area (Å²) < 4.78 is 17.2. The number of carbonyl (C=O) groups is 2. The number of anilines is 1. The molecule has 0 aliphatic carbocycles. The molecule has 0 saturated carbocycles. The maximum atomic E-state index is 14.3. The maximum Gasteiger partial charge on any atom is 0.251 e. The minimum absolute atomic E-state index is 0.0794. The van der Waals surface area contributed by atoms with E-state index in [9.17, 15) is 9.59 Å². The monoisotopic (exact) mass is 524 g/mol. The summed E-state index contributed by atoms with van der Waals surface area (Å²) in [6.45, 7) is 1.16.